The standard InChI is InChI=1S/C13H15NO3/c1-3-16-12-11(15)9-7-5-6-8-10(9)14-13(12)17-4-2/h5-8,12H,3-4H2,1-2H3. The Labute approximate surface area is 100 Å². The summed E-state index contributed by atoms with van der Waals surface area (Å²) in [7, 11) is 0. The molecule has 0 fully saturated rings. The van der Waals surface area contributed by atoms with Gasteiger partial charge in [-0.05, 0) is 26.0 Å². The van der Waals surface area contributed by atoms with Crippen molar-refractivity contribution < 1.29 is 14.3 Å². The molecule has 90 valence electrons. The first-order valence-electron chi connectivity index (χ1n) is 5.74. The number of para-hydroxylation sites is 1. The summed E-state index contributed by atoms with van der Waals surface area (Å²) >= 11 is 0. The minimum atomic E-state index is -0.699. The smallest absolute Gasteiger partial charge is 0.226 e. The van der Waals surface area contributed by atoms with Gasteiger partial charge in [0, 0.05) is 12.2 Å². The predicted molar refractivity (Wildman–Crippen MR) is 64.9 cm³/mol. The van der Waals surface area contributed by atoms with Crippen molar-refractivity contribution in [2.45, 2.75) is 20.0 Å². The lowest BCUT2D eigenvalue weighted by Gasteiger charge is -2.22. The van der Waals surface area contributed by atoms with Gasteiger partial charge in [0.15, 0.2) is 6.10 Å². The summed E-state index contributed by atoms with van der Waals surface area (Å²) < 4.78 is 10.8. The van der Waals surface area contributed by atoms with Crippen LogP contribution in [0.3, 0.4) is 0 Å². The largest absolute Gasteiger partial charge is 0.479 e. The van der Waals surface area contributed by atoms with Gasteiger partial charge in [-0.15, -0.1) is 0 Å². The molecule has 4 heteroatoms. The molecule has 0 N–H and O–H groups in total. The van der Waals surface area contributed by atoms with Gasteiger partial charge < -0.3 is 9.47 Å². The number of carbonyl (C=O) groups excluding carboxylic acids is 1. The van der Waals surface area contributed by atoms with Gasteiger partial charge in [-0.2, -0.15) is 0 Å². The normalized spacial score (nSPS) is 18.6. The fraction of sp³-hybridized carbons (Fsp3) is 0.385. The summed E-state index contributed by atoms with van der Waals surface area (Å²) in [6.07, 6.45) is -0.699. The van der Waals surface area contributed by atoms with E-state index in [0.717, 1.165) is 0 Å². The Hall–Kier alpha value is -1.68. The summed E-state index contributed by atoms with van der Waals surface area (Å²) in [4.78, 5) is 16.5. The molecule has 1 aliphatic rings. The number of aliphatic imine (C=N–C) groups is 1. The average Bonchev–Trinajstić information content (AvgIpc) is 2.34. The predicted octanol–water partition coefficient (Wildman–Crippen LogP) is 2.35. The highest BCUT2D eigenvalue weighted by atomic mass is 16.5. The molecule has 1 aromatic carbocycles. The Morgan fingerprint density at radius 1 is 1.24 bits per heavy atom. The van der Waals surface area contributed by atoms with Gasteiger partial charge in [-0.25, -0.2) is 4.99 Å². The minimum Gasteiger partial charge on any atom is -0.479 e. The molecular formula is C13H15NO3. The number of ether oxygens (including phenoxy) is 2. The van der Waals surface area contributed by atoms with Gasteiger partial charge in [0.2, 0.25) is 11.7 Å². The third kappa shape index (κ3) is 2.22. The van der Waals surface area contributed by atoms with Crippen LogP contribution in [0.5, 0.6) is 0 Å². The number of hydrogen-bond donors (Lipinski definition) is 0. The van der Waals surface area contributed by atoms with Crippen molar-refractivity contribution in [3.05, 3.63) is 29.8 Å². The van der Waals surface area contributed by atoms with Crippen LogP contribution in [-0.4, -0.2) is 31.0 Å². The molecule has 0 amide bonds. The molecule has 1 atom stereocenters. The maximum atomic E-state index is 12.2. The zero-order chi connectivity index (χ0) is 12.3. The number of carbonyl (C=O) groups is 1. The third-order valence-corrected chi connectivity index (χ3v) is 2.49. The van der Waals surface area contributed by atoms with Crippen molar-refractivity contribution in [1.29, 1.82) is 0 Å². The number of rotatable bonds is 3. The molecule has 17 heavy (non-hydrogen) atoms. The van der Waals surface area contributed by atoms with E-state index < -0.39 is 6.10 Å². The van der Waals surface area contributed by atoms with Crippen molar-refractivity contribution in [2.24, 2.45) is 4.99 Å². The highest BCUT2D eigenvalue weighted by Crippen LogP contribution is 2.27. The minimum absolute atomic E-state index is 0.0825. The first-order valence-corrected chi connectivity index (χ1v) is 5.74. The third-order valence-electron chi connectivity index (χ3n) is 2.49. The SMILES string of the molecule is CCOC1=Nc2ccccc2C(=O)C1OCC. The molecule has 0 radical (unpaired) electrons. The molecule has 4 nitrogen and oxygen atoms in total. The lowest BCUT2D eigenvalue weighted by Crippen LogP contribution is -2.37. The summed E-state index contributed by atoms with van der Waals surface area (Å²) in [5.41, 5.74) is 1.24. The van der Waals surface area contributed by atoms with Crippen molar-refractivity contribution in [3.8, 4) is 0 Å². The molecular weight excluding hydrogens is 218 g/mol. The monoisotopic (exact) mass is 233 g/mol. The molecule has 1 unspecified atom stereocenters. The van der Waals surface area contributed by atoms with Crippen LogP contribution >= 0.6 is 0 Å². The molecule has 0 aliphatic carbocycles. The van der Waals surface area contributed by atoms with Gasteiger partial charge in [0.1, 0.15) is 0 Å². The van der Waals surface area contributed by atoms with E-state index in [9.17, 15) is 4.79 Å². The van der Waals surface area contributed by atoms with Crippen LogP contribution in [0, 0.1) is 0 Å². The van der Waals surface area contributed by atoms with Crippen LogP contribution in [0.25, 0.3) is 0 Å². The number of fused-ring (bicyclic) bond motifs is 1. The van der Waals surface area contributed by atoms with E-state index in [1.807, 2.05) is 26.0 Å². The Kier molecular flexibility index (Phi) is 3.54. The highest BCUT2D eigenvalue weighted by Gasteiger charge is 2.33. The summed E-state index contributed by atoms with van der Waals surface area (Å²) in [6.45, 7) is 4.62. The van der Waals surface area contributed by atoms with Crippen LogP contribution in [0.4, 0.5) is 5.69 Å². The summed E-state index contributed by atoms with van der Waals surface area (Å²) in [5, 5.41) is 0. The van der Waals surface area contributed by atoms with Crippen LogP contribution in [0.2, 0.25) is 0 Å². The Balaban J connectivity index is 2.41. The Morgan fingerprint density at radius 3 is 2.71 bits per heavy atom. The average molecular weight is 233 g/mol. The van der Waals surface area contributed by atoms with E-state index in [1.54, 1.807) is 12.1 Å². The fourth-order valence-corrected chi connectivity index (χ4v) is 1.78. The van der Waals surface area contributed by atoms with Crippen LogP contribution in [0.1, 0.15) is 24.2 Å². The van der Waals surface area contributed by atoms with E-state index in [0.29, 0.717) is 30.4 Å². The molecule has 1 heterocycles. The van der Waals surface area contributed by atoms with Crippen molar-refractivity contribution in [2.75, 3.05) is 13.2 Å². The van der Waals surface area contributed by atoms with Gasteiger partial charge in [-0.3, -0.25) is 4.79 Å². The van der Waals surface area contributed by atoms with E-state index in [2.05, 4.69) is 4.99 Å². The topological polar surface area (TPSA) is 47.9 Å². The van der Waals surface area contributed by atoms with Gasteiger partial charge in [0.05, 0.1) is 12.3 Å². The maximum Gasteiger partial charge on any atom is 0.226 e. The van der Waals surface area contributed by atoms with Crippen LogP contribution in [0.15, 0.2) is 29.3 Å². The van der Waals surface area contributed by atoms with E-state index in [1.165, 1.54) is 0 Å². The highest BCUT2D eigenvalue weighted by molar-refractivity contribution is 6.18. The number of nitrogens with zero attached hydrogens (tertiary/aromatic N) is 1. The second kappa shape index (κ2) is 5.10. The fourth-order valence-electron chi connectivity index (χ4n) is 1.78. The lowest BCUT2D eigenvalue weighted by molar-refractivity contribution is 0.0579. The maximum absolute atomic E-state index is 12.2. The Morgan fingerprint density at radius 2 is 2.00 bits per heavy atom. The van der Waals surface area contributed by atoms with Crippen molar-refractivity contribution >= 4 is 17.4 Å². The molecule has 0 saturated heterocycles. The second-order valence-corrected chi connectivity index (χ2v) is 3.60. The van der Waals surface area contributed by atoms with Gasteiger partial charge in [0.25, 0.3) is 0 Å². The van der Waals surface area contributed by atoms with Gasteiger partial charge in [-0.1, -0.05) is 12.1 Å². The van der Waals surface area contributed by atoms with E-state index in [-0.39, 0.29) is 5.78 Å². The number of benzene rings is 1. The lowest BCUT2D eigenvalue weighted by atomic mass is 10.0. The van der Waals surface area contributed by atoms with Crippen LogP contribution < -0.4 is 0 Å². The molecule has 0 bridgehead atoms. The van der Waals surface area contributed by atoms with Crippen molar-refractivity contribution in [1.82, 2.24) is 0 Å². The molecule has 1 aliphatic heterocycles. The van der Waals surface area contributed by atoms with Crippen molar-refractivity contribution in [3.63, 3.8) is 0 Å². The Bertz CT molecular complexity index is 454. The molecule has 1 aromatic rings. The number of ketones is 1. The first kappa shape index (κ1) is 11.8. The number of hydrogen-bond acceptors (Lipinski definition) is 4. The second-order valence-electron chi connectivity index (χ2n) is 3.60. The molecule has 2 rings (SSSR count). The first-order chi connectivity index (χ1) is 8.27. The number of Topliss-reactive ketones (excluding diaryl/α,β-unsaturated/α-hetero) is 1. The van der Waals surface area contributed by atoms with E-state index >= 15 is 0 Å². The molecule has 0 aromatic heterocycles. The van der Waals surface area contributed by atoms with Crippen LogP contribution in [-0.2, 0) is 9.47 Å². The zero-order valence-corrected chi connectivity index (χ0v) is 9.97. The van der Waals surface area contributed by atoms with Gasteiger partial charge >= 0.3 is 0 Å². The quantitative estimate of drug-likeness (QED) is 0.805. The summed E-state index contributed by atoms with van der Waals surface area (Å²) in [6, 6.07) is 7.23. The molecule has 0 spiro atoms. The zero-order valence-electron chi connectivity index (χ0n) is 9.97. The van der Waals surface area contributed by atoms with E-state index in [4.69, 9.17) is 9.47 Å². The summed E-state index contributed by atoms with van der Waals surface area (Å²) in [5.74, 6) is 0.277. The molecule has 0 saturated carbocycles.